The number of aliphatic carboxylic acids is 1. The zero-order valence-corrected chi connectivity index (χ0v) is 12.1. The van der Waals surface area contributed by atoms with Gasteiger partial charge in [-0.25, -0.2) is 4.98 Å². The van der Waals surface area contributed by atoms with Crippen LogP contribution in [0.15, 0.2) is 29.6 Å². The van der Waals surface area contributed by atoms with Crippen molar-refractivity contribution in [3.8, 4) is 0 Å². The zero-order valence-electron chi connectivity index (χ0n) is 11.2. The van der Waals surface area contributed by atoms with Crippen molar-refractivity contribution in [2.24, 2.45) is 0 Å². The van der Waals surface area contributed by atoms with Gasteiger partial charge in [0.05, 0.1) is 18.7 Å². The van der Waals surface area contributed by atoms with Crippen LogP contribution in [0.3, 0.4) is 0 Å². The van der Waals surface area contributed by atoms with E-state index in [0.717, 1.165) is 18.0 Å². The molecule has 0 aliphatic carbocycles. The third kappa shape index (κ3) is 2.54. The van der Waals surface area contributed by atoms with E-state index in [-0.39, 0.29) is 6.42 Å². The molecular formula is C15H16N2O2S. The molecule has 0 radical (unpaired) electrons. The van der Waals surface area contributed by atoms with Crippen LogP contribution in [0, 0.1) is 0 Å². The first-order chi connectivity index (χ1) is 9.63. The minimum atomic E-state index is -0.832. The van der Waals surface area contributed by atoms with Gasteiger partial charge in [-0.1, -0.05) is 18.2 Å². The van der Waals surface area contributed by atoms with E-state index in [2.05, 4.69) is 41.1 Å². The van der Waals surface area contributed by atoms with Gasteiger partial charge in [-0.2, -0.15) is 0 Å². The summed E-state index contributed by atoms with van der Waals surface area (Å²) >= 11 is 1.54. The molecule has 20 heavy (non-hydrogen) atoms. The van der Waals surface area contributed by atoms with Gasteiger partial charge in [0.15, 0.2) is 0 Å². The number of carbonyl (C=O) groups is 1. The van der Waals surface area contributed by atoms with E-state index in [1.54, 1.807) is 0 Å². The molecule has 1 aliphatic heterocycles. The molecule has 0 amide bonds. The quantitative estimate of drug-likeness (QED) is 0.940. The maximum atomic E-state index is 10.7. The second-order valence-corrected chi connectivity index (χ2v) is 6.06. The van der Waals surface area contributed by atoms with E-state index >= 15 is 0 Å². The lowest BCUT2D eigenvalue weighted by Gasteiger charge is -2.23. The highest BCUT2D eigenvalue weighted by Gasteiger charge is 2.26. The van der Waals surface area contributed by atoms with Gasteiger partial charge in [0.25, 0.3) is 0 Å². The van der Waals surface area contributed by atoms with Gasteiger partial charge in [0.1, 0.15) is 5.01 Å². The maximum Gasteiger partial charge on any atom is 0.309 e. The largest absolute Gasteiger partial charge is 0.481 e. The second kappa shape index (κ2) is 5.25. The van der Waals surface area contributed by atoms with Crippen LogP contribution in [0.4, 0.5) is 5.69 Å². The average molecular weight is 288 g/mol. The molecular weight excluding hydrogens is 272 g/mol. The first-order valence-electron chi connectivity index (χ1n) is 6.63. The summed E-state index contributed by atoms with van der Waals surface area (Å²) in [5, 5.41) is 11.6. The van der Waals surface area contributed by atoms with E-state index in [1.807, 2.05) is 5.38 Å². The minimum Gasteiger partial charge on any atom is -0.481 e. The summed E-state index contributed by atoms with van der Waals surface area (Å²) in [6.45, 7) is 2.97. The lowest BCUT2D eigenvalue weighted by Crippen LogP contribution is -2.28. The number of hydrogen-bond donors (Lipinski definition) is 1. The highest BCUT2D eigenvalue weighted by molar-refractivity contribution is 7.09. The van der Waals surface area contributed by atoms with E-state index in [9.17, 15) is 4.79 Å². The number of benzene rings is 1. The van der Waals surface area contributed by atoms with Crippen molar-refractivity contribution in [2.45, 2.75) is 32.4 Å². The molecule has 0 bridgehead atoms. The van der Waals surface area contributed by atoms with Crippen molar-refractivity contribution in [1.82, 2.24) is 4.98 Å². The Hall–Kier alpha value is -1.88. The topological polar surface area (TPSA) is 53.4 Å². The number of para-hydroxylation sites is 1. The fourth-order valence-electron chi connectivity index (χ4n) is 2.67. The molecule has 1 aromatic heterocycles. The van der Waals surface area contributed by atoms with Crippen molar-refractivity contribution < 1.29 is 9.90 Å². The summed E-state index contributed by atoms with van der Waals surface area (Å²) in [6, 6.07) is 8.90. The number of rotatable bonds is 4. The highest BCUT2D eigenvalue weighted by Crippen LogP contribution is 2.33. The summed E-state index contributed by atoms with van der Waals surface area (Å²) in [7, 11) is 0. The number of carboxylic acids is 1. The molecule has 104 valence electrons. The molecule has 1 atom stereocenters. The number of anilines is 1. The van der Waals surface area contributed by atoms with Crippen LogP contribution in [0.1, 0.15) is 23.2 Å². The van der Waals surface area contributed by atoms with Crippen LogP contribution in [0.5, 0.6) is 0 Å². The molecule has 0 saturated heterocycles. The first kappa shape index (κ1) is 13.1. The van der Waals surface area contributed by atoms with Crippen LogP contribution in [0.2, 0.25) is 0 Å². The average Bonchev–Trinajstić information content (AvgIpc) is 2.95. The van der Waals surface area contributed by atoms with Crippen LogP contribution < -0.4 is 4.90 Å². The summed E-state index contributed by atoms with van der Waals surface area (Å²) in [5.74, 6) is -0.832. The Morgan fingerprint density at radius 1 is 1.50 bits per heavy atom. The lowest BCUT2D eigenvalue weighted by molar-refractivity contribution is -0.136. The maximum absolute atomic E-state index is 10.7. The summed E-state index contributed by atoms with van der Waals surface area (Å²) < 4.78 is 0. The summed E-state index contributed by atoms with van der Waals surface area (Å²) in [6.07, 6.45) is 1.06. The Labute approximate surface area is 121 Å². The number of thiazole rings is 1. The van der Waals surface area contributed by atoms with Gasteiger partial charge >= 0.3 is 5.97 Å². The molecule has 4 nitrogen and oxygen atoms in total. The fraction of sp³-hybridized carbons (Fsp3) is 0.333. The number of hydrogen-bond acceptors (Lipinski definition) is 4. The Kier molecular flexibility index (Phi) is 3.44. The van der Waals surface area contributed by atoms with Crippen molar-refractivity contribution >= 4 is 23.0 Å². The Balaban J connectivity index is 1.78. The van der Waals surface area contributed by atoms with Gasteiger partial charge < -0.3 is 10.0 Å². The summed E-state index contributed by atoms with van der Waals surface area (Å²) in [4.78, 5) is 17.5. The van der Waals surface area contributed by atoms with Gasteiger partial charge in [-0.05, 0) is 25.0 Å². The lowest BCUT2D eigenvalue weighted by atomic mass is 10.1. The predicted octanol–water partition coefficient (Wildman–Crippen LogP) is 2.72. The number of nitrogens with zero attached hydrogens (tertiary/aromatic N) is 2. The number of carboxylic acid groups (broad SMARTS) is 1. The normalized spacial score (nSPS) is 17.2. The van der Waals surface area contributed by atoms with Crippen LogP contribution in [-0.2, 0) is 24.2 Å². The van der Waals surface area contributed by atoms with Gasteiger partial charge in [-0.15, -0.1) is 11.3 Å². The van der Waals surface area contributed by atoms with Gasteiger partial charge in [0.2, 0.25) is 0 Å². The molecule has 1 aromatic carbocycles. The monoisotopic (exact) mass is 288 g/mol. The summed E-state index contributed by atoms with van der Waals surface area (Å²) in [5.41, 5.74) is 3.30. The molecule has 5 heteroatoms. The zero-order chi connectivity index (χ0) is 14.1. The molecule has 2 heterocycles. The van der Waals surface area contributed by atoms with Crippen molar-refractivity contribution in [2.75, 3.05) is 4.90 Å². The fourth-order valence-corrected chi connectivity index (χ4v) is 3.47. The molecule has 0 spiro atoms. The molecule has 1 unspecified atom stereocenters. The van der Waals surface area contributed by atoms with Crippen LogP contribution in [0.25, 0.3) is 0 Å². The van der Waals surface area contributed by atoms with Crippen LogP contribution in [-0.4, -0.2) is 22.1 Å². The van der Waals surface area contributed by atoms with E-state index in [1.165, 1.54) is 22.6 Å². The molecule has 0 fully saturated rings. The Bertz CT molecular complexity index is 638. The minimum absolute atomic E-state index is 0.00262. The molecule has 0 saturated carbocycles. The Morgan fingerprint density at radius 2 is 2.30 bits per heavy atom. The van der Waals surface area contributed by atoms with Gasteiger partial charge in [-0.3, -0.25) is 4.79 Å². The van der Waals surface area contributed by atoms with E-state index in [4.69, 9.17) is 5.11 Å². The number of fused-ring (bicyclic) bond motifs is 1. The van der Waals surface area contributed by atoms with E-state index in [0.29, 0.717) is 11.7 Å². The Morgan fingerprint density at radius 3 is 3.10 bits per heavy atom. The number of aromatic nitrogens is 1. The molecule has 1 N–H and O–H groups in total. The van der Waals surface area contributed by atoms with Crippen molar-refractivity contribution in [3.63, 3.8) is 0 Å². The molecule has 1 aliphatic rings. The first-order valence-corrected chi connectivity index (χ1v) is 7.51. The standard InChI is InChI=1S/C15H16N2O2S/c1-10-6-11-4-2-3-5-13(11)17(10)8-14-16-12(9-20-14)7-15(18)19/h2-5,9-10H,6-8H2,1H3,(H,18,19). The van der Waals surface area contributed by atoms with Crippen molar-refractivity contribution in [1.29, 1.82) is 0 Å². The molecule has 3 rings (SSSR count). The van der Waals surface area contributed by atoms with Crippen molar-refractivity contribution in [3.05, 3.63) is 45.9 Å². The third-order valence-corrected chi connectivity index (χ3v) is 4.47. The van der Waals surface area contributed by atoms with Crippen LogP contribution >= 0.6 is 11.3 Å². The van der Waals surface area contributed by atoms with Gasteiger partial charge in [0, 0.05) is 17.1 Å². The molecule has 2 aromatic rings. The smallest absolute Gasteiger partial charge is 0.309 e. The predicted molar refractivity (Wildman–Crippen MR) is 79.2 cm³/mol. The van der Waals surface area contributed by atoms with E-state index < -0.39 is 5.97 Å². The second-order valence-electron chi connectivity index (χ2n) is 5.11. The third-order valence-electron chi connectivity index (χ3n) is 3.59. The highest BCUT2D eigenvalue weighted by atomic mass is 32.1. The SMILES string of the molecule is CC1Cc2ccccc2N1Cc1nc(CC(=O)O)cs1.